The van der Waals surface area contributed by atoms with Crippen LogP contribution in [0, 0.1) is 28.6 Å². The zero-order valence-corrected chi connectivity index (χ0v) is 12.8. The smallest absolute Gasteiger partial charge is 0.139 e. The van der Waals surface area contributed by atoms with Crippen molar-refractivity contribution in [1.82, 2.24) is 0 Å². The first-order valence-electron chi connectivity index (χ1n) is 8.46. The van der Waals surface area contributed by atoms with E-state index in [1.807, 2.05) is 0 Å². The highest BCUT2D eigenvalue weighted by Crippen LogP contribution is 2.63. The van der Waals surface area contributed by atoms with E-state index >= 15 is 0 Å². The topological polar surface area (TPSA) is 17.1 Å². The normalized spacial score (nSPS) is 50.2. The molecule has 0 N–H and O–H groups in total. The van der Waals surface area contributed by atoms with Gasteiger partial charge in [-0.15, -0.1) is 0 Å². The molecule has 0 aromatic heterocycles. The van der Waals surface area contributed by atoms with E-state index in [4.69, 9.17) is 0 Å². The zero-order valence-electron chi connectivity index (χ0n) is 12.8. The van der Waals surface area contributed by atoms with E-state index in [-0.39, 0.29) is 5.41 Å². The van der Waals surface area contributed by atoms with Gasteiger partial charge in [0.15, 0.2) is 0 Å². The fraction of sp³-hybridized carbons (Fsp3) is 0.737. The maximum Gasteiger partial charge on any atom is 0.139 e. The zero-order chi connectivity index (χ0) is 14.0. The Morgan fingerprint density at radius 3 is 2.75 bits per heavy atom. The van der Waals surface area contributed by atoms with Crippen molar-refractivity contribution >= 4 is 5.78 Å². The van der Waals surface area contributed by atoms with Crippen LogP contribution in [0.15, 0.2) is 23.8 Å². The van der Waals surface area contributed by atoms with E-state index in [9.17, 15) is 4.79 Å². The largest absolute Gasteiger partial charge is 0.299 e. The van der Waals surface area contributed by atoms with Gasteiger partial charge in [-0.3, -0.25) is 4.79 Å². The summed E-state index contributed by atoms with van der Waals surface area (Å²) in [6, 6.07) is 0. The van der Waals surface area contributed by atoms with E-state index in [0.717, 1.165) is 31.1 Å². The van der Waals surface area contributed by atoms with Crippen LogP contribution in [0.4, 0.5) is 0 Å². The number of rotatable bonds is 0. The Balaban J connectivity index is 1.74. The fourth-order valence-electron chi connectivity index (χ4n) is 6.07. The van der Waals surface area contributed by atoms with E-state index < -0.39 is 0 Å². The second-order valence-electron chi connectivity index (χ2n) is 8.05. The number of hydrogen-bond donors (Lipinski definition) is 0. The van der Waals surface area contributed by atoms with E-state index in [1.54, 1.807) is 5.57 Å². The van der Waals surface area contributed by atoms with Crippen molar-refractivity contribution in [3.63, 3.8) is 0 Å². The molecule has 0 amide bonds. The Labute approximate surface area is 122 Å². The molecule has 20 heavy (non-hydrogen) atoms. The average molecular weight is 270 g/mol. The van der Waals surface area contributed by atoms with Crippen LogP contribution in [0.3, 0.4) is 0 Å². The molecule has 4 rings (SSSR count). The van der Waals surface area contributed by atoms with Crippen LogP contribution in [0.1, 0.15) is 58.8 Å². The molecular weight excluding hydrogens is 244 g/mol. The SMILES string of the molecule is C[C@@]12CC[C@@H]3[C@H](CC=C4C=CCC[C@]43C)[C@H]1CCC2=O. The number of Topliss-reactive ketones (excluding diaryl/α,β-unsaturated/α-hetero) is 1. The molecule has 0 radical (unpaired) electrons. The molecule has 0 unspecified atom stereocenters. The Bertz CT molecular complexity index is 514. The molecule has 1 heteroatoms. The highest BCUT2D eigenvalue weighted by Gasteiger charge is 2.57. The Hall–Kier alpha value is -0.850. The molecule has 0 aliphatic heterocycles. The molecule has 1 nitrogen and oxygen atoms in total. The minimum atomic E-state index is 0.0212. The summed E-state index contributed by atoms with van der Waals surface area (Å²) in [7, 11) is 0. The molecule has 4 aliphatic rings. The Morgan fingerprint density at radius 1 is 1.10 bits per heavy atom. The van der Waals surface area contributed by atoms with Gasteiger partial charge in [-0.1, -0.05) is 32.1 Å². The molecule has 0 saturated heterocycles. The van der Waals surface area contributed by atoms with Crippen LogP contribution >= 0.6 is 0 Å². The van der Waals surface area contributed by atoms with E-state index in [0.29, 0.717) is 17.1 Å². The van der Waals surface area contributed by atoms with Gasteiger partial charge >= 0.3 is 0 Å². The number of carbonyl (C=O) groups is 1. The van der Waals surface area contributed by atoms with Gasteiger partial charge in [-0.2, -0.15) is 0 Å². The first-order valence-corrected chi connectivity index (χ1v) is 8.46. The summed E-state index contributed by atoms with van der Waals surface area (Å²) in [6.07, 6.45) is 15.4. The number of ketones is 1. The van der Waals surface area contributed by atoms with Crippen molar-refractivity contribution in [2.45, 2.75) is 58.8 Å². The lowest BCUT2D eigenvalue weighted by molar-refractivity contribution is -0.131. The Morgan fingerprint density at radius 2 is 1.90 bits per heavy atom. The van der Waals surface area contributed by atoms with Crippen molar-refractivity contribution in [3.8, 4) is 0 Å². The number of fused-ring (bicyclic) bond motifs is 5. The van der Waals surface area contributed by atoms with Crippen LogP contribution < -0.4 is 0 Å². The molecular formula is C19H26O. The maximum absolute atomic E-state index is 12.3. The summed E-state index contributed by atoms with van der Waals surface area (Å²) in [5.41, 5.74) is 2.01. The van der Waals surface area contributed by atoms with Gasteiger partial charge in [0.05, 0.1) is 0 Å². The number of hydrogen-bond acceptors (Lipinski definition) is 1. The van der Waals surface area contributed by atoms with Crippen LogP contribution in [-0.4, -0.2) is 5.78 Å². The quantitative estimate of drug-likeness (QED) is 0.624. The standard InChI is InChI=1S/C19H26O/c1-18-11-4-3-5-13(18)6-7-14-15-8-9-17(20)19(15,2)12-10-16(14)18/h3,5-6,14-16H,4,7-12H2,1-2H3/t14-,15-,16-,18-,19-/m1/s1. The third-order valence-electron chi connectivity index (χ3n) is 7.36. The van der Waals surface area contributed by atoms with Gasteiger partial charge in [0.1, 0.15) is 5.78 Å². The lowest BCUT2D eigenvalue weighted by Gasteiger charge is -2.55. The third-order valence-corrected chi connectivity index (χ3v) is 7.36. The maximum atomic E-state index is 12.3. The van der Waals surface area contributed by atoms with Crippen molar-refractivity contribution < 1.29 is 4.79 Å². The summed E-state index contributed by atoms with van der Waals surface area (Å²) < 4.78 is 0. The lowest BCUT2D eigenvalue weighted by Crippen LogP contribution is -2.49. The van der Waals surface area contributed by atoms with Gasteiger partial charge in [0.2, 0.25) is 0 Å². The van der Waals surface area contributed by atoms with Crippen molar-refractivity contribution in [1.29, 1.82) is 0 Å². The van der Waals surface area contributed by atoms with Gasteiger partial charge < -0.3 is 0 Å². The monoisotopic (exact) mass is 270 g/mol. The summed E-state index contributed by atoms with van der Waals surface area (Å²) in [5, 5.41) is 0. The molecule has 0 aromatic carbocycles. The molecule has 0 bridgehead atoms. The second-order valence-corrected chi connectivity index (χ2v) is 8.05. The average Bonchev–Trinajstić information content (AvgIpc) is 2.74. The van der Waals surface area contributed by atoms with E-state index in [1.165, 1.54) is 25.7 Å². The minimum Gasteiger partial charge on any atom is -0.299 e. The molecule has 108 valence electrons. The predicted molar refractivity (Wildman–Crippen MR) is 81.2 cm³/mol. The fourth-order valence-corrected chi connectivity index (χ4v) is 6.07. The highest BCUT2D eigenvalue weighted by molar-refractivity contribution is 5.87. The molecule has 0 heterocycles. The van der Waals surface area contributed by atoms with E-state index in [2.05, 4.69) is 32.1 Å². The molecule has 4 aliphatic carbocycles. The molecule has 5 atom stereocenters. The van der Waals surface area contributed by atoms with Gasteiger partial charge in [0, 0.05) is 11.8 Å². The Kier molecular flexibility index (Phi) is 2.63. The molecule has 0 spiro atoms. The van der Waals surface area contributed by atoms with Crippen LogP contribution in [0.5, 0.6) is 0 Å². The van der Waals surface area contributed by atoms with Gasteiger partial charge in [0.25, 0.3) is 0 Å². The van der Waals surface area contributed by atoms with Gasteiger partial charge in [-0.25, -0.2) is 0 Å². The van der Waals surface area contributed by atoms with Gasteiger partial charge in [-0.05, 0) is 67.3 Å². The third kappa shape index (κ3) is 1.47. The molecule has 2 fully saturated rings. The lowest BCUT2D eigenvalue weighted by atomic mass is 9.49. The summed E-state index contributed by atoms with van der Waals surface area (Å²) in [6.45, 7) is 4.77. The summed E-state index contributed by atoms with van der Waals surface area (Å²) in [5.74, 6) is 2.80. The van der Waals surface area contributed by atoms with Crippen molar-refractivity contribution in [2.75, 3.05) is 0 Å². The highest BCUT2D eigenvalue weighted by atomic mass is 16.1. The van der Waals surface area contributed by atoms with Crippen molar-refractivity contribution in [3.05, 3.63) is 23.8 Å². The first-order chi connectivity index (χ1) is 9.56. The van der Waals surface area contributed by atoms with Crippen molar-refractivity contribution in [2.24, 2.45) is 28.6 Å². The van der Waals surface area contributed by atoms with Crippen LogP contribution in [0.2, 0.25) is 0 Å². The first kappa shape index (κ1) is 12.9. The number of carbonyl (C=O) groups excluding carboxylic acids is 1. The minimum absolute atomic E-state index is 0.0212. The summed E-state index contributed by atoms with van der Waals surface area (Å²) >= 11 is 0. The second kappa shape index (κ2) is 4.08. The molecule has 0 aromatic rings. The predicted octanol–water partition coefficient (Wildman–Crippen LogP) is 4.68. The summed E-state index contributed by atoms with van der Waals surface area (Å²) in [4.78, 5) is 12.3. The van der Waals surface area contributed by atoms with Crippen LogP contribution in [-0.2, 0) is 4.79 Å². The van der Waals surface area contributed by atoms with Crippen LogP contribution in [0.25, 0.3) is 0 Å². The number of allylic oxidation sites excluding steroid dienone is 4. The molecule has 2 saturated carbocycles.